The zero-order valence-electron chi connectivity index (χ0n) is 16.9. The summed E-state index contributed by atoms with van der Waals surface area (Å²) in [4.78, 5) is 10.4. The van der Waals surface area contributed by atoms with Crippen molar-refractivity contribution in [1.82, 2.24) is 4.31 Å². The summed E-state index contributed by atoms with van der Waals surface area (Å²) in [5, 5.41) is 8.92. The van der Waals surface area contributed by atoms with E-state index in [0.29, 0.717) is 18.2 Å². The predicted octanol–water partition coefficient (Wildman–Crippen LogP) is 3.97. The Bertz CT molecular complexity index is 1060. The molecule has 1 aliphatic rings. The van der Waals surface area contributed by atoms with Gasteiger partial charge in [0, 0.05) is 13.6 Å². The van der Waals surface area contributed by atoms with Crippen LogP contribution >= 0.6 is 0 Å². The Balaban J connectivity index is 2.00. The molecule has 2 aromatic rings. The van der Waals surface area contributed by atoms with Gasteiger partial charge < -0.3 is 9.84 Å². The fourth-order valence-corrected chi connectivity index (χ4v) is 4.47. The number of epoxide rings is 1. The van der Waals surface area contributed by atoms with E-state index in [0.717, 1.165) is 15.9 Å². The number of benzene rings is 2. The van der Waals surface area contributed by atoms with E-state index in [1.165, 1.54) is 13.1 Å². The topological polar surface area (TPSA) is 87.2 Å². The number of nitrogens with zero attached hydrogens (tertiary/aromatic N) is 1. The molecule has 6 nitrogen and oxygen atoms in total. The lowest BCUT2D eigenvalue weighted by Gasteiger charge is -2.19. The Hall–Kier alpha value is -2.43. The number of carboxylic acids is 1. The van der Waals surface area contributed by atoms with Gasteiger partial charge in [-0.1, -0.05) is 31.2 Å². The zero-order chi connectivity index (χ0) is 23.0. The second-order valence-corrected chi connectivity index (χ2v) is 9.65. The van der Waals surface area contributed by atoms with Crippen molar-refractivity contribution in [2.45, 2.75) is 36.4 Å². The Kier molecular flexibility index (Phi) is 6.45. The number of aliphatic carboxylic acids is 1. The average molecular weight is 457 g/mol. The van der Waals surface area contributed by atoms with Crippen molar-refractivity contribution in [3.05, 3.63) is 53.6 Å². The molecule has 0 aliphatic carbocycles. The van der Waals surface area contributed by atoms with Gasteiger partial charge in [-0.25, -0.2) is 8.42 Å². The minimum Gasteiger partial charge on any atom is -0.481 e. The predicted molar refractivity (Wildman–Crippen MR) is 107 cm³/mol. The average Bonchev–Trinajstić information content (AvgIpc) is 3.50. The summed E-state index contributed by atoms with van der Waals surface area (Å²) in [6.07, 6.45) is -5.05. The number of ether oxygens (including phenoxy) is 1. The summed E-state index contributed by atoms with van der Waals surface area (Å²) in [7, 11) is -2.85. The Morgan fingerprint density at radius 1 is 1.19 bits per heavy atom. The van der Waals surface area contributed by atoms with Crippen molar-refractivity contribution in [2.24, 2.45) is 0 Å². The van der Waals surface area contributed by atoms with E-state index in [-0.39, 0.29) is 30.6 Å². The first-order chi connectivity index (χ1) is 14.4. The highest BCUT2D eigenvalue weighted by Crippen LogP contribution is 2.36. The monoisotopic (exact) mass is 457 g/mol. The van der Waals surface area contributed by atoms with Crippen molar-refractivity contribution < 1.29 is 36.2 Å². The number of carboxylic acid groups (broad SMARTS) is 1. The van der Waals surface area contributed by atoms with Crippen LogP contribution in [-0.2, 0) is 25.7 Å². The Morgan fingerprint density at radius 2 is 1.81 bits per heavy atom. The van der Waals surface area contributed by atoms with Crippen LogP contribution in [0.15, 0.2) is 47.4 Å². The molecule has 1 saturated heterocycles. The molecular formula is C21H22F3NO5S. The molecule has 0 aromatic heterocycles. The van der Waals surface area contributed by atoms with Crippen LogP contribution in [0.2, 0.25) is 0 Å². The van der Waals surface area contributed by atoms with Crippen LogP contribution in [0, 0.1) is 0 Å². The summed E-state index contributed by atoms with van der Waals surface area (Å²) >= 11 is 0. The van der Waals surface area contributed by atoms with E-state index in [1.807, 2.05) is 0 Å². The van der Waals surface area contributed by atoms with E-state index >= 15 is 0 Å². The standard InChI is InChI=1S/C21H22F3NO5S/c1-13(7-20(26)27)14-3-5-15(6-4-14)16-8-17(21(22,23)24)10-19(9-16)31(28,29)25(2)11-18-12-30-18/h3-6,8-10,13,18H,7,11-12H2,1-2H3,(H,26,27)/t13-,18?/m0/s1. The van der Waals surface area contributed by atoms with Crippen LogP contribution in [-0.4, -0.2) is 50.1 Å². The summed E-state index contributed by atoms with van der Waals surface area (Å²) < 4.78 is 72.1. The molecule has 1 N–H and O–H groups in total. The van der Waals surface area contributed by atoms with E-state index in [1.54, 1.807) is 31.2 Å². The lowest BCUT2D eigenvalue weighted by molar-refractivity contribution is -0.138. The van der Waals surface area contributed by atoms with E-state index in [4.69, 9.17) is 9.84 Å². The van der Waals surface area contributed by atoms with Gasteiger partial charge in [-0.2, -0.15) is 17.5 Å². The zero-order valence-corrected chi connectivity index (χ0v) is 17.7. The van der Waals surface area contributed by atoms with E-state index in [9.17, 15) is 26.4 Å². The van der Waals surface area contributed by atoms with Gasteiger partial charge >= 0.3 is 12.1 Å². The van der Waals surface area contributed by atoms with Crippen molar-refractivity contribution >= 4 is 16.0 Å². The van der Waals surface area contributed by atoms with Crippen LogP contribution in [0.3, 0.4) is 0 Å². The molecule has 0 radical (unpaired) electrons. The quantitative estimate of drug-likeness (QED) is 0.606. The largest absolute Gasteiger partial charge is 0.481 e. The molecule has 2 atom stereocenters. The van der Waals surface area contributed by atoms with Crippen molar-refractivity contribution in [3.8, 4) is 11.1 Å². The van der Waals surface area contributed by atoms with Gasteiger partial charge in [-0.3, -0.25) is 4.79 Å². The molecule has 0 saturated carbocycles. The van der Waals surface area contributed by atoms with Crippen LogP contribution in [0.4, 0.5) is 13.2 Å². The van der Waals surface area contributed by atoms with Crippen LogP contribution in [0.1, 0.15) is 30.4 Å². The van der Waals surface area contributed by atoms with Gasteiger partial charge in [0.25, 0.3) is 0 Å². The molecule has 2 aromatic carbocycles. The van der Waals surface area contributed by atoms with Gasteiger partial charge in [0.05, 0.1) is 29.6 Å². The lowest BCUT2D eigenvalue weighted by atomic mass is 9.95. The van der Waals surface area contributed by atoms with Crippen LogP contribution in [0.5, 0.6) is 0 Å². The van der Waals surface area contributed by atoms with Crippen molar-refractivity contribution in [1.29, 1.82) is 0 Å². The molecule has 0 amide bonds. The van der Waals surface area contributed by atoms with Crippen molar-refractivity contribution in [3.63, 3.8) is 0 Å². The van der Waals surface area contributed by atoms with Gasteiger partial charge in [0.2, 0.25) is 10.0 Å². The molecular weight excluding hydrogens is 435 g/mol. The van der Waals surface area contributed by atoms with Gasteiger partial charge in [-0.15, -0.1) is 0 Å². The SMILES string of the molecule is C[C@@H](CC(=O)O)c1ccc(-c2cc(C(F)(F)F)cc(S(=O)(=O)N(C)CC3CO3)c2)cc1. The number of sulfonamides is 1. The van der Waals surface area contributed by atoms with Crippen molar-refractivity contribution in [2.75, 3.05) is 20.2 Å². The smallest absolute Gasteiger partial charge is 0.416 e. The highest BCUT2D eigenvalue weighted by Gasteiger charge is 2.35. The maximum Gasteiger partial charge on any atom is 0.416 e. The van der Waals surface area contributed by atoms with Crippen LogP contribution < -0.4 is 0 Å². The fourth-order valence-electron chi connectivity index (χ4n) is 3.20. The first kappa shape index (κ1) is 23.2. The molecule has 0 spiro atoms. The molecule has 1 heterocycles. The third kappa shape index (κ3) is 5.63. The van der Waals surface area contributed by atoms with Gasteiger partial charge in [0.15, 0.2) is 0 Å². The highest BCUT2D eigenvalue weighted by molar-refractivity contribution is 7.89. The summed E-state index contributed by atoms with van der Waals surface area (Å²) in [5.74, 6) is -1.23. The number of alkyl halides is 3. The molecule has 1 fully saturated rings. The maximum absolute atomic E-state index is 13.5. The molecule has 1 unspecified atom stereocenters. The number of halogens is 3. The number of likely N-dealkylation sites (N-methyl/N-ethyl adjacent to an activating group) is 1. The first-order valence-electron chi connectivity index (χ1n) is 9.50. The van der Waals surface area contributed by atoms with Crippen LogP contribution in [0.25, 0.3) is 11.1 Å². The maximum atomic E-state index is 13.5. The third-order valence-electron chi connectivity index (χ3n) is 5.10. The summed E-state index contributed by atoms with van der Waals surface area (Å²) in [5.41, 5.74) is 0.141. The minimum absolute atomic E-state index is 0.0596. The number of carbonyl (C=O) groups is 1. The van der Waals surface area contributed by atoms with Gasteiger partial charge in [0.1, 0.15) is 0 Å². The molecule has 1 aliphatic heterocycles. The second-order valence-electron chi connectivity index (χ2n) is 7.61. The lowest BCUT2D eigenvalue weighted by Crippen LogP contribution is -2.30. The third-order valence-corrected chi connectivity index (χ3v) is 6.90. The van der Waals surface area contributed by atoms with Gasteiger partial charge in [-0.05, 0) is 40.8 Å². The Morgan fingerprint density at radius 3 is 2.32 bits per heavy atom. The fraction of sp³-hybridized carbons (Fsp3) is 0.381. The minimum atomic E-state index is -4.73. The number of hydrogen-bond donors (Lipinski definition) is 1. The molecule has 31 heavy (non-hydrogen) atoms. The highest BCUT2D eigenvalue weighted by atomic mass is 32.2. The Labute approximate surface area is 178 Å². The number of hydrogen-bond acceptors (Lipinski definition) is 4. The molecule has 10 heteroatoms. The molecule has 168 valence electrons. The summed E-state index contributed by atoms with van der Waals surface area (Å²) in [6, 6.07) is 9.13. The second kappa shape index (κ2) is 8.60. The molecule has 3 rings (SSSR count). The number of rotatable bonds is 8. The van der Waals surface area contributed by atoms with E-state index in [2.05, 4.69) is 0 Å². The normalized spacial score (nSPS) is 17.5. The van der Waals surface area contributed by atoms with E-state index < -0.39 is 32.6 Å². The summed E-state index contributed by atoms with van der Waals surface area (Å²) in [6.45, 7) is 2.21. The molecule has 0 bridgehead atoms. The first-order valence-corrected chi connectivity index (χ1v) is 10.9.